The Bertz CT molecular complexity index is 969. The first kappa shape index (κ1) is 21.8. The van der Waals surface area contributed by atoms with Crippen LogP contribution in [-0.4, -0.2) is 23.5 Å². The van der Waals surface area contributed by atoms with E-state index in [0.717, 1.165) is 18.2 Å². The molecule has 1 unspecified atom stereocenters. The van der Waals surface area contributed by atoms with E-state index in [1.807, 2.05) is 0 Å². The Morgan fingerprint density at radius 1 is 1.03 bits per heavy atom. The van der Waals surface area contributed by atoms with Crippen molar-refractivity contribution in [1.29, 1.82) is 0 Å². The first-order valence-corrected chi connectivity index (χ1v) is 9.34. The highest BCUT2D eigenvalue weighted by atomic mass is 35.5. The molecule has 9 heteroatoms. The maximum atomic E-state index is 12.7. The summed E-state index contributed by atoms with van der Waals surface area (Å²) in [6.07, 6.45) is -5.37. The smallest absolute Gasteiger partial charge is 0.416 e. The molecular weight excluding hydrogens is 425 g/mol. The van der Waals surface area contributed by atoms with Gasteiger partial charge >= 0.3 is 6.18 Å². The molecule has 1 saturated carbocycles. The van der Waals surface area contributed by atoms with Crippen LogP contribution in [0.4, 0.5) is 13.2 Å². The van der Waals surface area contributed by atoms with Crippen molar-refractivity contribution >= 4 is 29.0 Å². The number of hydrogen-bond donors (Lipinski definition) is 0. The van der Waals surface area contributed by atoms with E-state index in [0.29, 0.717) is 5.75 Å². The van der Waals surface area contributed by atoms with Crippen molar-refractivity contribution in [3.8, 4) is 17.2 Å². The lowest BCUT2D eigenvalue weighted by Gasteiger charge is -2.16. The molecule has 0 heterocycles. The van der Waals surface area contributed by atoms with Crippen molar-refractivity contribution in [1.82, 2.24) is 0 Å². The van der Waals surface area contributed by atoms with Crippen molar-refractivity contribution in [2.45, 2.75) is 32.0 Å². The summed E-state index contributed by atoms with van der Waals surface area (Å²) in [4.78, 5) is 35.8. The fourth-order valence-corrected chi connectivity index (χ4v) is 3.22. The minimum absolute atomic E-state index is 0.0418. The van der Waals surface area contributed by atoms with E-state index in [1.54, 1.807) is 0 Å². The molecule has 3 rings (SSSR count). The predicted molar refractivity (Wildman–Crippen MR) is 101 cm³/mol. The van der Waals surface area contributed by atoms with Gasteiger partial charge in [0.05, 0.1) is 10.6 Å². The lowest BCUT2D eigenvalue weighted by Crippen LogP contribution is -2.35. The van der Waals surface area contributed by atoms with Gasteiger partial charge in [0.15, 0.2) is 23.5 Å². The summed E-state index contributed by atoms with van der Waals surface area (Å²) in [5.41, 5.74) is -0.888. The molecular formula is C21H16ClF3O5. The molecule has 0 saturated heterocycles. The highest BCUT2D eigenvalue weighted by molar-refractivity contribution is 6.32. The average Bonchev–Trinajstić information content (AvgIpc) is 3.01. The van der Waals surface area contributed by atoms with Gasteiger partial charge in [-0.2, -0.15) is 13.2 Å². The van der Waals surface area contributed by atoms with Crippen LogP contribution in [0.1, 0.15) is 25.3 Å². The van der Waals surface area contributed by atoms with Gasteiger partial charge in [0, 0.05) is 12.8 Å². The van der Waals surface area contributed by atoms with Crippen LogP contribution in [0.25, 0.3) is 0 Å². The van der Waals surface area contributed by atoms with E-state index in [1.165, 1.54) is 31.2 Å². The number of alkyl halides is 3. The average molecular weight is 441 g/mol. The van der Waals surface area contributed by atoms with Gasteiger partial charge in [-0.25, -0.2) is 0 Å². The molecule has 1 aliphatic carbocycles. The van der Waals surface area contributed by atoms with Crippen LogP contribution in [0.5, 0.6) is 17.2 Å². The highest BCUT2D eigenvalue weighted by Gasteiger charge is 2.41. The molecule has 0 spiro atoms. The van der Waals surface area contributed by atoms with Crippen LogP contribution in [0, 0.1) is 5.92 Å². The second kappa shape index (κ2) is 8.47. The van der Waals surface area contributed by atoms with Crippen LogP contribution in [0.3, 0.4) is 0 Å². The van der Waals surface area contributed by atoms with E-state index in [-0.39, 0.29) is 29.4 Å². The number of Topliss-reactive ketones (excluding diaryl/α,β-unsaturated/α-hetero) is 3. The molecule has 5 nitrogen and oxygen atoms in total. The molecule has 0 amide bonds. The summed E-state index contributed by atoms with van der Waals surface area (Å²) in [7, 11) is 0. The number of halogens is 4. The van der Waals surface area contributed by atoms with Crippen LogP contribution in [0.2, 0.25) is 5.02 Å². The number of hydrogen-bond acceptors (Lipinski definition) is 5. The third kappa shape index (κ3) is 4.81. The quantitative estimate of drug-likeness (QED) is 0.589. The summed E-state index contributed by atoms with van der Waals surface area (Å²) in [5.74, 6) is -2.01. The molecule has 0 bridgehead atoms. The van der Waals surface area contributed by atoms with Crippen molar-refractivity contribution in [3.05, 3.63) is 53.1 Å². The Labute approximate surface area is 174 Å². The number of rotatable bonds is 6. The third-order valence-corrected chi connectivity index (χ3v) is 4.87. The number of ether oxygens (including phenoxy) is 2. The number of carbonyl (C=O) groups is 3. The lowest BCUT2D eigenvalue weighted by molar-refractivity contribution is -0.140. The summed E-state index contributed by atoms with van der Waals surface area (Å²) in [6, 6.07) is 8.67. The monoisotopic (exact) mass is 440 g/mol. The number of carbonyl (C=O) groups excluding carboxylic acids is 3. The van der Waals surface area contributed by atoms with Crippen molar-refractivity contribution in [3.63, 3.8) is 0 Å². The lowest BCUT2D eigenvalue weighted by atomic mass is 9.97. The van der Waals surface area contributed by atoms with Gasteiger partial charge < -0.3 is 9.47 Å². The topological polar surface area (TPSA) is 69.7 Å². The Balaban J connectivity index is 1.65. The van der Waals surface area contributed by atoms with Gasteiger partial charge in [-0.05, 0) is 49.4 Å². The molecule has 0 aromatic heterocycles. The maximum Gasteiger partial charge on any atom is 0.416 e. The van der Waals surface area contributed by atoms with E-state index in [4.69, 9.17) is 21.1 Å². The first-order valence-electron chi connectivity index (χ1n) is 8.96. The van der Waals surface area contributed by atoms with Crippen molar-refractivity contribution in [2.24, 2.45) is 5.92 Å². The summed E-state index contributed by atoms with van der Waals surface area (Å²) < 4.78 is 49.1. The van der Waals surface area contributed by atoms with E-state index >= 15 is 0 Å². The second-order valence-electron chi connectivity index (χ2n) is 6.74. The maximum absolute atomic E-state index is 12.7. The Kier molecular flexibility index (Phi) is 6.17. The van der Waals surface area contributed by atoms with Gasteiger partial charge in [-0.1, -0.05) is 11.6 Å². The fourth-order valence-electron chi connectivity index (χ4n) is 3.00. The van der Waals surface area contributed by atoms with Gasteiger partial charge in [-0.15, -0.1) is 0 Å². The van der Waals surface area contributed by atoms with Crippen LogP contribution in [0.15, 0.2) is 42.5 Å². The molecule has 1 aliphatic rings. The van der Waals surface area contributed by atoms with E-state index in [9.17, 15) is 27.6 Å². The number of ketones is 3. The standard InChI is InChI=1S/C21H16ClF3O5/c1-11(20(28)19-16(26)7-8-17(19)27)29-13-3-5-14(6-4-13)30-18-9-2-12(10-15(18)22)21(23,24)25/h2-6,9-11,19H,7-8H2,1H3. The normalized spacial score (nSPS) is 15.9. The molecule has 0 aliphatic heterocycles. The fraction of sp³-hybridized carbons (Fsp3) is 0.286. The first-order chi connectivity index (χ1) is 14.1. The molecule has 0 radical (unpaired) electrons. The predicted octanol–water partition coefficient (Wildman–Crippen LogP) is 5.04. The van der Waals surface area contributed by atoms with Crippen molar-refractivity contribution in [2.75, 3.05) is 0 Å². The number of benzene rings is 2. The summed E-state index contributed by atoms with van der Waals surface area (Å²) >= 11 is 5.86. The Hall–Kier alpha value is -2.87. The van der Waals surface area contributed by atoms with Crippen LogP contribution in [-0.2, 0) is 20.6 Å². The van der Waals surface area contributed by atoms with Gasteiger partial charge in [0.1, 0.15) is 23.2 Å². The van der Waals surface area contributed by atoms with E-state index < -0.39 is 41.1 Å². The van der Waals surface area contributed by atoms with Gasteiger partial charge in [0.25, 0.3) is 0 Å². The van der Waals surface area contributed by atoms with Gasteiger partial charge in [0.2, 0.25) is 0 Å². The molecule has 1 atom stereocenters. The molecule has 2 aromatic rings. The molecule has 2 aromatic carbocycles. The minimum atomic E-state index is -4.51. The SMILES string of the molecule is CC(Oc1ccc(Oc2ccc(C(F)(F)F)cc2Cl)cc1)C(=O)C1C(=O)CCC1=O. The second-order valence-corrected chi connectivity index (χ2v) is 7.15. The van der Waals surface area contributed by atoms with Crippen LogP contribution >= 0.6 is 11.6 Å². The summed E-state index contributed by atoms with van der Waals surface area (Å²) in [5, 5.41) is -0.199. The van der Waals surface area contributed by atoms with Crippen molar-refractivity contribution < 1.29 is 37.0 Å². The molecule has 158 valence electrons. The zero-order chi connectivity index (χ0) is 22.1. The zero-order valence-electron chi connectivity index (χ0n) is 15.7. The minimum Gasteiger partial charge on any atom is -0.483 e. The molecule has 30 heavy (non-hydrogen) atoms. The van der Waals surface area contributed by atoms with Gasteiger partial charge in [-0.3, -0.25) is 14.4 Å². The highest BCUT2D eigenvalue weighted by Crippen LogP contribution is 2.36. The molecule has 0 N–H and O–H groups in total. The zero-order valence-corrected chi connectivity index (χ0v) is 16.4. The van der Waals surface area contributed by atoms with Crippen LogP contribution < -0.4 is 9.47 Å². The van der Waals surface area contributed by atoms with E-state index in [2.05, 4.69) is 0 Å². The summed E-state index contributed by atoms with van der Waals surface area (Å²) in [6.45, 7) is 1.45. The molecule has 1 fully saturated rings. The Morgan fingerprint density at radius 2 is 1.60 bits per heavy atom. The largest absolute Gasteiger partial charge is 0.483 e. The third-order valence-electron chi connectivity index (χ3n) is 4.57. The Morgan fingerprint density at radius 3 is 2.13 bits per heavy atom.